The van der Waals surface area contributed by atoms with Crippen LogP contribution in [0.1, 0.15) is 25.3 Å². The molecule has 1 unspecified atom stereocenters. The number of rotatable bonds is 6. The third-order valence-corrected chi connectivity index (χ3v) is 4.28. The lowest BCUT2D eigenvalue weighted by atomic mass is 10.1. The largest absolute Gasteiger partial charge is 0.356 e. The molecular weight excluding hydrogens is 423 g/mol. The lowest BCUT2D eigenvalue weighted by molar-refractivity contribution is 0.324. The van der Waals surface area contributed by atoms with E-state index in [4.69, 9.17) is 11.6 Å². The summed E-state index contributed by atoms with van der Waals surface area (Å²) in [5, 5.41) is 7.55. The van der Waals surface area contributed by atoms with E-state index in [1.807, 2.05) is 25.2 Å². The Labute approximate surface area is 162 Å². The van der Waals surface area contributed by atoms with Crippen molar-refractivity contribution in [3.63, 3.8) is 0 Å². The lowest BCUT2D eigenvalue weighted by Gasteiger charge is -2.17. The first-order chi connectivity index (χ1) is 10.7. The number of nitrogens with zero attached hydrogens (tertiary/aromatic N) is 2. The second-order valence-electron chi connectivity index (χ2n) is 5.89. The number of nitrogens with one attached hydrogen (secondary N) is 2. The fourth-order valence-electron chi connectivity index (χ4n) is 2.89. The van der Waals surface area contributed by atoms with Crippen molar-refractivity contribution >= 4 is 41.5 Å². The Hall–Kier alpha value is -0.530. The van der Waals surface area contributed by atoms with E-state index in [1.165, 1.54) is 32.5 Å². The minimum Gasteiger partial charge on any atom is -0.356 e. The normalized spacial score (nSPS) is 18.6. The van der Waals surface area contributed by atoms with Gasteiger partial charge >= 0.3 is 0 Å². The summed E-state index contributed by atoms with van der Waals surface area (Å²) >= 11 is 6.00. The molecule has 2 rings (SSSR count). The van der Waals surface area contributed by atoms with Crippen LogP contribution < -0.4 is 10.6 Å². The van der Waals surface area contributed by atoms with Gasteiger partial charge in [-0.15, -0.1) is 24.0 Å². The van der Waals surface area contributed by atoms with Crippen molar-refractivity contribution in [1.82, 2.24) is 15.5 Å². The molecule has 1 aromatic carbocycles. The average Bonchev–Trinajstić information content (AvgIpc) is 2.95. The quantitative estimate of drug-likeness (QED) is 0.397. The Balaban J connectivity index is 0.00000264. The molecule has 1 heterocycles. The smallest absolute Gasteiger partial charge is 0.191 e. The van der Waals surface area contributed by atoms with Crippen LogP contribution in [0.3, 0.4) is 0 Å². The van der Waals surface area contributed by atoms with Gasteiger partial charge in [-0.2, -0.15) is 0 Å². The number of guanidine groups is 1. The molecule has 6 heteroatoms. The molecule has 1 fully saturated rings. The van der Waals surface area contributed by atoms with E-state index in [-0.39, 0.29) is 24.0 Å². The van der Waals surface area contributed by atoms with Crippen LogP contribution in [-0.2, 0) is 6.54 Å². The van der Waals surface area contributed by atoms with Gasteiger partial charge in [-0.3, -0.25) is 4.99 Å². The van der Waals surface area contributed by atoms with Gasteiger partial charge in [-0.25, -0.2) is 0 Å². The van der Waals surface area contributed by atoms with Crippen LogP contribution in [-0.4, -0.2) is 44.1 Å². The Morgan fingerprint density at radius 3 is 2.91 bits per heavy atom. The Bertz CT molecular complexity index is 495. The second-order valence-corrected chi connectivity index (χ2v) is 6.33. The number of likely N-dealkylation sites (tertiary alicyclic amines) is 1. The Kier molecular flexibility index (Phi) is 9.90. The zero-order valence-electron chi connectivity index (χ0n) is 14.0. The number of halogens is 2. The number of aliphatic imine (C=N–C) groups is 1. The van der Waals surface area contributed by atoms with E-state index >= 15 is 0 Å². The number of hydrogen-bond donors (Lipinski definition) is 2. The molecular formula is C17H28ClIN4. The first-order valence-electron chi connectivity index (χ1n) is 8.12. The van der Waals surface area contributed by atoms with Gasteiger partial charge in [0.05, 0.1) is 0 Å². The molecule has 1 aliphatic heterocycles. The van der Waals surface area contributed by atoms with Crippen LogP contribution in [0.2, 0.25) is 5.02 Å². The summed E-state index contributed by atoms with van der Waals surface area (Å²) in [5.74, 6) is 1.57. The Morgan fingerprint density at radius 1 is 1.39 bits per heavy atom. The highest BCUT2D eigenvalue weighted by atomic mass is 127. The van der Waals surface area contributed by atoms with Crippen molar-refractivity contribution in [3.05, 3.63) is 34.9 Å². The van der Waals surface area contributed by atoms with Gasteiger partial charge in [0.1, 0.15) is 0 Å². The first-order valence-corrected chi connectivity index (χ1v) is 8.50. The molecule has 0 spiro atoms. The van der Waals surface area contributed by atoms with Gasteiger partial charge in [0, 0.05) is 31.7 Å². The van der Waals surface area contributed by atoms with Crippen LogP contribution in [0.25, 0.3) is 0 Å². The molecule has 0 radical (unpaired) electrons. The molecule has 0 amide bonds. The fourth-order valence-corrected chi connectivity index (χ4v) is 3.11. The van der Waals surface area contributed by atoms with Crippen molar-refractivity contribution < 1.29 is 0 Å². The lowest BCUT2D eigenvalue weighted by Crippen LogP contribution is -2.39. The molecule has 0 aromatic heterocycles. The van der Waals surface area contributed by atoms with Crippen LogP contribution >= 0.6 is 35.6 Å². The monoisotopic (exact) mass is 450 g/mol. The van der Waals surface area contributed by atoms with E-state index in [1.54, 1.807) is 0 Å². The van der Waals surface area contributed by atoms with Gasteiger partial charge in [0.25, 0.3) is 0 Å². The van der Waals surface area contributed by atoms with Crippen molar-refractivity contribution in [2.24, 2.45) is 10.9 Å². The molecule has 0 saturated carbocycles. The number of hydrogen-bond acceptors (Lipinski definition) is 2. The van der Waals surface area contributed by atoms with Crippen molar-refractivity contribution in [1.29, 1.82) is 0 Å². The molecule has 2 N–H and O–H groups in total. The van der Waals surface area contributed by atoms with E-state index in [0.717, 1.165) is 35.6 Å². The number of benzene rings is 1. The molecule has 0 bridgehead atoms. The molecule has 1 aliphatic rings. The van der Waals surface area contributed by atoms with Crippen LogP contribution in [0.5, 0.6) is 0 Å². The van der Waals surface area contributed by atoms with Gasteiger partial charge in [0.2, 0.25) is 0 Å². The van der Waals surface area contributed by atoms with Gasteiger partial charge in [-0.05, 0) is 49.5 Å². The fraction of sp³-hybridized carbons (Fsp3) is 0.588. The zero-order chi connectivity index (χ0) is 15.8. The van der Waals surface area contributed by atoms with Crippen LogP contribution in [0.15, 0.2) is 29.3 Å². The molecule has 130 valence electrons. The molecule has 1 aromatic rings. The molecule has 1 saturated heterocycles. The second kappa shape index (κ2) is 11.1. The summed E-state index contributed by atoms with van der Waals surface area (Å²) in [6.07, 6.45) is 2.52. The standard InChI is InChI=1S/C17H27ClN4.HI/c1-3-8-22-9-7-15(13-22)12-21-17(19-2)20-11-14-5-4-6-16(18)10-14;/h4-6,10,15H,3,7-9,11-13H2,1-2H3,(H2,19,20,21);1H. The predicted octanol–water partition coefficient (Wildman–Crippen LogP) is 3.35. The van der Waals surface area contributed by atoms with E-state index in [9.17, 15) is 0 Å². The third-order valence-electron chi connectivity index (χ3n) is 4.04. The average molecular weight is 451 g/mol. The summed E-state index contributed by atoms with van der Waals surface area (Å²) in [6, 6.07) is 7.89. The van der Waals surface area contributed by atoms with E-state index < -0.39 is 0 Å². The van der Waals surface area contributed by atoms with E-state index in [0.29, 0.717) is 0 Å². The van der Waals surface area contributed by atoms with Gasteiger partial charge in [-0.1, -0.05) is 30.7 Å². The first kappa shape index (κ1) is 20.5. The summed E-state index contributed by atoms with van der Waals surface area (Å²) in [4.78, 5) is 6.84. The molecule has 1 atom stereocenters. The van der Waals surface area contributed by atoms with Gasteiger partial charge < -0.3 is 15.5 Å². The van der Waals surface area contributed by atoms with Crippen molar-refractivity contribution in [2.75, 3.05) is 33.2 Å². The zero-order valence-corrected chi connectivity index (χ0v) is 17.1. The van der Waals surface area contributed by atoms with Crippen LogP contribution in [0, 0.1) is 5.92 Å². The van der Waals surface area contributed by atoms with Gasteiger partial charge in [0.15, 0.2) is 5.96 Å². The maximum atomic E-state index is 6.00. The highest BCUT2D eigenvalue weighted by Crippen LogP contribution is 2.15. The maximum absolute atomic E-state index is 6.00. The third kappa shape index (κ3) is 7.27. The van der Waals surface area contributed by atoms with E-state index in [2.05, 4.69) is 33.5 Å². The molecule has 4 nitrogen and oxygen atoms in total. The minimum absolute atomic E-state index is 0. The summed E-state index contributed by atoms with van der Waals surface area (Å²) in [7, 11) is 1.81. The maximum Gasteiger partial charge on any atom is 0.191 e. The highest BCUT2D eigenvalue weighted by molar-refractivity contribution is 14.0. The van der Waals surface area contributed by atoms with Crippen LogP contribution in [0.4, 0.5) is 0 Å². The summed E-state index contributed by atoms with van der Waals surface area (Å²) in [5.41, 5.74) is 1.16. The molecule has 23 heavy (non-hydrogen) atoms. The van der Waals surface area contributed by atoms with Crippen molar-refractivity contribution in [2.45, 2.75) is 26.3 Å². The topological polar surface area (TPSA) is 39.7 Å². The Morgan fingerprint density at radius 2 is 2.22 bits per heavy atom. The highest BCUT2D eigenvalue weighted by Gasteiger charge is 2.21. The summed E-state index contributed by atoms with van der Waals surface area (Å²) in [6.45, 7) is 7.61. The van der Waals surface area contributed by atoms with Crippen molar-refractivity contribution in [3.8, 4) is 0 Å². The molecule has 0 aliphatic carbocycles. The minimum atomic E-state index is 0. The SMILES string of the molecule is CCCN1CCC(CNC(=NC)NCc2cccc(Cl)c2)C1.I. The predicted molar refractivity (Wildman–Crippen MR) is 110 cm³/mol. The summed E-state index contributed by atoms with van der Waals surface area (Å²) < 4.78 is 0.